The van der Waals surface area contributed by atoms with E-state index in [9.17, 15) is 0 Å². The van der Waals surface area contributed by atoms with Gasteiger partial charge in [0.05, 0.1) is 37.6 Å². The van der Waals surface area contributed by atoms with Crippen molar-refractivity contribution < 1.29 is 9.05 Å². The maximum atomic E-state index is 2.42. The van der Waals surface area contributed by atoms with E-state index in [1.165, 1.54) is 72.0 Å². The number of hydrogen-bond acceptors (Lipinski definition) is 4. The molecule has 38 heavy (non-hydrogen) atoms. The van der Waals surface area contributed by atoms with Gasteiger partial charge in [-0.1, -0.05) is 6.08 Å². The van der Waals surface area contributed by atoms with Gasteiger partial charge in [-0.25, -0.2) is 4.57 Å². The molecule has 4 rings (SSSR count). The number of rotatable bonds is 14. The molecule has 0 aliphatic carbocycles. The van der Waals surface area contributed by atoms with Gasteiger partial charge in [-0.05, 0) is 82.7 Å². The number of aromatic nitrogens is 1. The Morgan fingerprint density at radius 3 is 1.89 bits per heavy atom. The summed E-state index contributed by atoms with van der Waals surface area (Å²) in [5, 5.41) is 1.36. The monoisotopic (exact) mass is 565 g/mol. The van der Waals surface area contributed by atoms with E-state index in [2.05, 4.69) is 117 Å². The predicted octanol–water partition coefficient (Wildman–Crippen LogP) is 8.78. The van der Waals surface area contributed by atoms with Gasteiger partial charge in [-0.3, -0.25) is 0 Å². The Balaban J connectivity index is 1.34. The maximum Gasteiger partial charge on any atom is 0.169 e. The molecular weight excluding hydrogens is 523 g/mol. The minimum atomic E-state index is 1.05. The fourth-order valence-electron chi connectivity index (χ4n) is 4.98. The number of quaternary nitrogens is 1. The van der Waals surface area contributed by atoms with Crippen LogP contribution in [0.4, 0.5) is 5.00 Å². The lowest BCUT2D eigenvalue weighted by atomic mass is 10.2. The third kappa shape index (κ3) is 7.03. The molecule has 0 aromatic carbocycles. The maximum absolute atomic E-state index is 2.42. The molecule has 4 aromatic rings. The zero-order chi connectivity index (χ0) is 27.0. The van der Waals surface area contributed by atoms with Crippen LogP contribution in [0, 0.1) is 0 Å². The Kier molecular flexibility index (Phi) is 10.4. The molecule has 202 valence electrons. The van der Waals surface area contributed by atoms with Crippen LogP contribution < -0.4 is 9.47 Å². The summed E-state index contributed by atoms with van der Waals surface area (Å²) in [4.78, 5) is 9.12. The van der Waals surface area contributed by atoms with Gasteiger partial charge in [0.1, 0.15) is 0 Å². The molecule has 4 aromatic heterocycles. The van der Waals surface area contributed by atoms with E-state index < -0.39 is 0 Å². The third-order valence-electron chi connectivity index (χ3n) is 7.80. The van der Waals surface area contributed by atoms with E-state index in [-0.39, 0.29) is 0 Å². The van der Waals surface area contributed by atoms with E-state index in [0.717, 1.165) is 19.6 Å². The molecule has 0 fully saturated rings. The summed E-state index contributed by atoms with van der Waals surface area (Å²) in [6.45, 7) is 19.6. The Morgan fingerprint density at radius 1 is 0.684 bits per heavy atom. The van der Waals surface area contributed by atoms with Gasteiger partial charge in [-0.2, -0.15) is 0 Å². The smallest absolute Gasteiger partial charge is 0.169 e. The summed E-state index contributed by atoms with van der Waals surface area (Å²) in [5.74, 6) is 0. The second kappa shape index (κ2) is 13.7. The van der Waals surface area contributed by atoms with Crippen molar-refractivity contribution >= 4 is 51.2 Å². The van der Waals surface area contributed by atoms with Gasteiger partial charge in [0.15, 0.2) is 18.9 Å². The van der Waals surface area contributed by atoms with Crippen molar-refractivity contribution in [1.82, 2.24) is 0 Å². The van der Waals surface area contributed by atoms with Crippen LogP contribution in [0.3, 0.4) is 0 Å². The lowest BCUT2D eigenvalue weighted by molar-refractivity contribution is -0.925. The molecule has 0 saturated heterocycles. The van der Waals surface area contributed by atoms with Gasteiger partial charge < -0.3 is 9.38 Å². The largest absolute Gasteiger partial charge is 0.364 e. The summed E-state index contributed by atoms with van der Waals surface area (Å²) in [6.07, 6.45) is 10.1. The molecule has 0 radical (unpaired) electrons. The molecule has 0 N–H and O–H groups in total. The number of nitrogens with zero attached hydrogens (tertiary/aromatic N) is 3. The number of aryl methyl sites for hydroxylation is 1. The predicted molar refractivity (Wildman–Crippen MR) is 171 cm³/mol. The first-order chi connectivity index (χ1) is 18.5. The molecule has 0 aliphatic heterocycles. The summed E-state index contributed by atoms with van der Waals surface area (Å²) >= 11 is 5.66. The SMILES string of the molecule is CCN(CC)c1ccc(-c2ccc(-c3ccc(C=Cc4cc[n+](CCC[N+](CC)(CC)CC)cc4)s3)s2)s1. The Bertz CT molecular complexity index is 1280. The normalized spacial score (nSPS) is 12.0. The van der Waals surface area contributed by atoms with Crippen molar-refractivity contribution in [2.24, 2.45) is 0 Å². The highest BCUT2D eigenvalue weighted by atomic mass is 32.1. The summed E-state index contributed by atoms with van der Waals surface area (Å²) in [6, 6.07) is 18.0. The van der Waals surface area contributed by atoms with Crippen molar-refractivity contribution in [3.63, 3.8) is 0 Å². The summed E-state index contributed by atoms with van der Waals surface area (Å²) in [7, 11) is 0. The molecule has 0 aliphatic rings. The zero-order valence-electron chi connectivity index (χ0n) is 23.7. The highest BCUT2D eigenvalue weighted by Crippen LogP contribution is 2.41. The first-order valence-corrected chi connectivity index (χ1v) is 16.6. The summed E-state index contributed by atoms with van der Waals surface area (Å²) in [5.41, 5.74) is 1.25. The van der Waals surface area contributed by atoms with Crippen LogP contribution in [0.2, 0.25) is 0 Å². The molecule has 0 saturated carbocycles. The molecule has 0 atom stereocenters. The van der Waals surface area contributed by atoms with E-state index in [1.807, 2.05) is 34.0 Å². The Hall–Kier alpha value is -2.25. The second-order valence-electron chi connectivity index (χ2n) is 9.75. The molecule has 6 heteroatoms. The second-order valence-corrected chi connectivity index (χ2v) is 13.0. The minimum absolute atomic E-state index is 1.05. The molecule has 4 heterocycles. The van der Waals surface area contributed by atoms with Crippen molar-refractivity contribution in [1.29, 1.82) is 0 Å². The molecule has 0 amide bonds. The lowest BCUT2D eigenvalue weighted by Gasteiger charge is -2.35. The standard InChI is InChI=1S/C32H43N3S3/c1-6-34(7-2)32-19-18-31(38-32)30-17-16-29(37-30)28-15-14-27(36-28)13-12-26-20-23-33(24-21-26)22-11-25-35(8-3,9-4)10-5/h12-21,23-24H,6-11,22,25H2,1-5H3/q+2. The van der Waals surface area contributed by atoms with Crippen molar-refractivity contribution in [3.05, 3.63) is 71.4 Å². The number of anilines is 1. The van der Waals surface area contributed by atoms with Crippen LogP contribution in [-0.4, -0.2) is 43.8 Å². The first-order valence-electron chi connectivity index (χ1n) is 14.1. The van der Waals surface area contributed by atoms with Crippen LogP contribution in [0.5, 0.6) is 0 Å². The topological polar surface area (TPSA) is 7.12 Å². The lowest BCUT2D eigenvalue weighted by Crippen LogP contribution is -2.49. The molecule has 0 bridgehead atoms. The number of thiophene rings is 3. The van der Waals surface area contributed by atoms with Gasteiger partial charge in [0, 0.05) is 49.6 Å². The van der Waals surface area contributed by atoms with E-state index in [0.29, 0.717) is 0 Å². The van der Waals surface area contributed by atoms with Crippen molar-refractivity contribution in [3.8, 4) is 19.5 Å². The molecule has 0 spiro atoms. The van der Waals surface area contributed by atoms with Crippen LogP contribution in [0.25, 0.3) is 31.7 Å². The average Bonchev–Trinajstić information content (AvgIpc) is 3.73. The molecular formula is C32H43N3S3+2. The highest BCUT2D eigenvalue weighted by Gasteiger charge is 2.20. The highest BCUT2D eigenvalue weighted by molar-refractivity contribution is 7.27. The van der Waals surface area contributed by atoms with E-state index in [1.54, 1.807) is 0 Å². The quantitative estimate of drug-likeness (QED) is 0.109. The summed E-state index contributed by atoms with van der Waals surface area (Å²) < 4.78 is 3.55. The van der Waals surface area contributed by atoms with E-state index >= 15 is 0 Å². The average molecular weight is 566 g/mol. The molecule has 0 unspecified atom stereocenters. The number of pyridine rings is 1. The van der Waals surface area contributed by atoms with Gasteiger partial charge in [0.25, 0.3) is 0 Å². The van der Waals surface area contributed by atoms with Gasteiger partial charge in [-0.15, -0.1) is 34.0 Å². The van der Waals surface area contributed by atoms with Crippen LogP contribution >= 0.6 is 34.0 Å². The Labute approximate surface area is 241 Å². The third-order valence-corrected chi connectivity index (χ3v) is 11.5. The van der Waals surface area contributed by atoms with E-state index in [4.69, 9.17) is 0 Å². The van der Waals surface area contributed by atoms with Crippen LogP contribution in [-0.2, 0) is 6.54 Å². The van der Waals surface area contributed by atoms with Crippen LogP contribution in [0.1, 0.15) is 51.5 Å². The minimum Gasteiger partial charge on any atom is -0.364 e. The zero-order valence-corrected chi connectivity index (χ0v) is 26.1. The number of hydrogen-bond donors (Lipinski definition) is 0. The van der Waals surface area contributed by atoms with Gasteiger partial charge >= 0.3 is 0 Å². The fourth-order valence-corrected chi connectivity index (χ4v) is 8.21. The first kappa shape index (κ1) is 28.8. The van der Waals surface area contributed by atoms with Crippen molar-refractivity contribution in [2.45, 2.75) is 47.6 Å². The fraction of sp³-hybridized carbons (Fsp3) is 0.406. The van der Waals surface area contributed by atoms with Crippen molar-refractivity contribution in [2.75, 3.05) is 44.2 Å². The molecule has 3 nitrogen and oxygen atoms in total. The Morgan fingerprint density at radius 2 is 1.26 bits per heavy atom. The van der Waals surface area contributed by atoms with Crippen LogP contribution in [0.15, 0.2) is 60.9 Å². The van der Waals surface area contributed by atoms with Gasteiger partial charge in [0.2, 0.25) is 0 Å².